The van der Waals surface area contributed by atoms with E-state index < -0.39 is 0 Å². The van der Waals surface area contributed by atoms with Crippen LogP contribution >= 0.6 is 0 Å². The van der Waals surface area contributed by atoms with Crippen molar-refractivity contribution in [2.75, 3.05) is 0 Å². The van der Waals surface area contributed by atoms with E-state index in [9.17, 15) is 9.59 Å². The van der Waals surface area contributed by atoms with Crippen molar-refractivity contribution in [3.63, 3.8) is 0 Å². The van der Waals surface area contributed by atoms with Crippen molar-refractivity contribution in [3.05, 3.63) is 41.6 Å². The first-order chi connectivity index (χ1) is 6.86. The van der Waals surface area contributed by atoms with Crippen molar-refractivity contribution in [2.45, 2.75) is 0 Å². The van der Waals surface area contributed by atoms with Gasteiger partial charge in [-0.3, -0.25) is 9.59 Å². The average molecular weight is 185 g/mol. The van der Waals surface area contributed by atoms with Crippen molar-refractivity contribution < 1.29 is 9.59 Å². The van der Waals surface area contributed by atoms with Crippen molar-refractivity contribution in [1.29, 1.82) is 0 Å². The third kappa shape index (κ3) is 1.19. The van der Waals surface area contributed by atoms with Crippen molar-refractivity contribution in [1.82, 2.24) is 4.98 Å². The Balaban J connectivity index is 2.80. The number of carbonyl (C=O) groups excluding carboxylic acids is 2. The highest BCUT2D eigenvalue weighted by atomic mass is 16.1. The van der Waals surface area contributed by atoms with Gasteiger partial charge in [0.1, 0.15) is 5.69 Å². The number of nitrogens with zero attached hydrogens (tertiary/aromatic N) is 1. The lowest BCUT2D eigenvalue weighted by molar-refractivity contribution is 0.109. The van der Waals surface area contributed by atoms with Gasteiger partial charge in [0.15, 0.2) is 12.6 Å². The standard InChI is InChI=1S/C11H7NO2/c13-6-9-8-4-2-1-3-5-10(8)12-11(9)7-14/h1-7H. The summed E-state index contributed by atoms with van der Waals surface area (Å²) in [7, 11) is 0. The molecule has 14 heavy (non-hydrogen) atoms. The van der Waals surface area contributed by atoms with Gasteiger partial charge < -0.3 is 0 Å². The average Bonchev–Trinajstić information content (AvgIpc) is 2.39. The van der Waals surface area contributed by atoms with Gasteiger partial charge in [-0.25, -0.2) is 4.98 Å². The first kappa shape index (κ1) is 8.56. The minimum absolute atomic E-state index is 0.209. The van der Waals surface area contributed by atoms with Crippen LogP contribution in [-0.2, 0) is 0 Å². The smallest absolute Gasteiger partial charge is 0.169 e. The summed E-state index contributed by atoms with van der Waals surface area (Å²) in [4.78, 5) is 25.4. The molecule has 0 bridgehead atoms. The van der Waals surface area contributed by atoms with Crippen LogP contribution in [0, 0.1) is 0 Å². The first-order valence-electron chi connectivity index (χ1n) is 4.16. The second kappa shape index (κ2) is 3.38. The summed E-state index contributed by atoms with van der Waals surface area (Å²) in [6.07, 6.45) is 1.27. The third-order valence-electron chi connectivity index (χ3n) is 2.05. The number of carbonyl (C=O) groups is 2. The molecule has 0 aromatic carbocycles. The van der Waals surface area contributed by atoms with Gasteiger partial charge in [-0.2, -0.15) is 0 Å². The number of hydrogen-bond donors (Lipinski definition) is 0. The molecule has 1 aliphatic carbocycles. The number of hydrogen-bond acceptors (Lipinski definition) is 3. The Morgan fingerprint density at radius 3 is 2.50 bits per heavy atom. The van der Waals surface area contributed by atoms with Gasteiger partial charge in [-0.05, 0) is 6.07 Å². The van der Waals surface area contributed by atoms with Crippen molar-refractivity contribution in [3.8, 4) is 11.3 Å². The summed E-state index contributed by atoms with van der Waals surface area (Å²) < 4.78 is 0. The number of aldehydes is 2. The van der Waals surface area contributed by atoms with E-state index in [4.69, 9.17) is 0 Å². The van der Waals surface area contributed by atoms with Crippen LogP contribution in [0.15, 0.2) is 30.3 Å². The maximum atomic E-state index is 10.8. The van der Waals surface area contributed by atoms with Crippen LogP contribution in [0.4, 0.5) is 0 Å². The number of aromatic nitrogens is 1. The predicted octanol–water partition coefficient (Wildman–Crippen LogP) is 1.81. The fourth-order valence-electron chi connectivity index (χ4n) is 1.40. The Hall–Kier alpha value is -2.03. The summed E-state index contributed by atoms with van der Waals surface area (Å²) in [5.74, 6) is 0. The van der Waals surface area contributed by atoms with Crippen LogP contribution in [0.3, 0.4) is 0 Å². The molecule has 0 saturated carbocycles. The van der Waals surface area contributed by atoms with Gasteiger partial charge in [0.05, 0.1) is 11.3 Å². The highest BCUT2D eigenvalue weighted by molar-refractivity contribution is 5.97. The fraction of sp³-hybridized carbons (Fsp3) is 0. The minimum atomic E-state index is 0.209. The largest absolute Gasteiger partial charge is 0.298 e. The molecule has 3 heteroatoms. The van der Waals surface area contributed by atoms with E-state index in [1.807, 2.05) is 18.2 Å². The van der Waals surface area contributed by atoms with Crippen molar-refractivity contribution >= 4 is 12.6 Å². The molecule has 68 valence electrons. The van der Waals surface area contributed by atoms with E-state index in [0.717, 1.165) is 0 Å². The van der Waals surface area contributed by atoms with Gasteiger partial charge in [-0.1, -0.05) is 24.3 Å². The van der Waals surface area contributed by atoms with Crippen LogP contribution in [0.5, 0.6) is 0 Å². The number of fused-ring (bicyclic) bond motifs is 1. The van der Waals surface area contributed by atoms with Gasteiger partial charge in [0.2, 0.25) is 0 Å². The number of rotatable bonds is 2. The minimum Gasteiger partial charge on any atom is -0.298 e. The Morgan fingerprint density at radius 1 is 1.00 bits per heavy atom. The SMILES string of the molecule is O=Cc1nc2cccccc-2c1C=O. The molecule has 0 N–H and O–H groups in total. The second-order valence-electron chi connectivity index (χ2n) is 2.86. The topological polar surface area (TPSA) is 47.0 Å². The molecule has 0 amide bonds. The van der Waals surface area contributed by atoms with Gasteiger partial charge >= 0.3 is 0 Å². The second-order valence-corrected chi connectivity index (χ2v) is 2.86. The lowest BCUT2D eigenvalue weighted by Gasteiger charge is -1.88. The molecular formula is C11H7NO2. The zero-order valence-corrected chi connectivity index (χ0v) is 7.31. The van der Waals surface area contributed by atoms with E-state index in [1.165, 1.54) is 0 Å². The van der Waals surface area contributed by atoms with E-state index in [-0.39, 0.29) is 5.69 Å². The van der Waals surface area contributed by atoms with Crippen LogP contribution in [0.2, 0.25) is 0 Å². The summed E-state index contributed by atoms with van der Waals surface area (Å²) in [5.41, 5.74) is 1.96. The molecule has 3 nitrogen and oxygen atoms in total. The maximum Gasteiger partial charge on any atom is 0.169 e. The third-order valence-corrected chi connectivity index (χ3v) is 2.05. The van der Waals surface area contributed by atoms with E-state index in [0.29, 0.717) is 29.4 Å². The van der Waals surface area contributed by atoms with Crippen LogP contribution in [0.1, 0.15) is 20.8 Å². The maximum absolute atomic E-state index is 10.8. The molecule has 0 aromatic heterocycles. The molecule has 1 aliphatic heterocycles. The molecule has 0 fully saturated rings. The highest BCUT2D eigenvalue weighted by Crippen LogP contribution is 2.24. The molecule has 0 atom stereocenters. The van der Waals surface area contributed by atoms with Gasteiger partial charge in [0, 0.05) is 5.56 Å². The quantitative estimate of drug-likeness (QED) is 0.670. The summed E-state index contributed by atoms with van der Waals surface area (Å²) in [5, 5.41) is 0. The van der Waals surface area contributed by atoms with Gasteiger partial charge in [-0.15, -0.1) is 0 Å². The fourth-order valence-corrected chi connectivity index (χ4v) is 1.40. The molecular weight excluding hydrogens is 178 g/mol. The molecule has 2 rings (SSSR count). The molecule has 1 heterocycles. The van der Waals surface area contributed by atoms with Crippen LogP contribution < -0.4 is 0 Å². The first-order valence-corrected chi connectivity index (χ1v) is 4.16. The molecule has 0 radical (unpaired) electrons. The highest BCUT2D eigenvalue weighted by Gasteiger charge is 2.14. The summed E-state index contributed by atoms with van der Waals surface area (Å²) >= 11 is 0. The Morgan fingerprint density at radius 2 is 1.79 bits per heavy atom. The zero-order chi connectivity index (χ0) is 9.97. The van der Waals surface area contributed by atoms with E-state index in [2.05, 4.69) is 4.98 Å². The molecule has 2 aliphatic rings. The normalized spacial score (nSPS) is 10.0. The van der Waals surface area contributed by atoms with Gasteiger partial charge in [0.25, 0.3) is 0 Å². The van der Waals surface area contributed by atoms with Crippen molar-refractivity contribution in [2.24, 2.45) is 0 Å². The van der Waals surface area contributed by atoms with Crippen LogP contribution in [-0.4, -0.2) is 17.6 Å². The monoisotopic (exact) mass is 185 g/mol. The van der Waals surface area contributed by atoms with E-state index in [1.54, 1.807) is 12.1 Å². The molecule has 0 saturated heterocycles. The lowest BCUT2D eigenvalue weighted by atomic mass is 10.1. The lowest BCUT2D eigenvalue weighted by Crippen LogP contribution is -1.85. The Kier molecular flexibility index (Phi) is 2.07. The molecule has 0 unspecified atom stereocenters. The Labute approximate surface area is 80.7 Å². The zero-order valence-electron chi connectivity index (χ0n) is 7.31. The van der Waals surface area contributed by atoms with E-state index >= 15 is 0 Å². The van der Waals surface area contributed by atoms with Crippen LogP contribution in [0.25, 0.3) is 11.3 Å². The molecule has 0 aromatic rings. The summed E-state index contributed by atoms with van der Waals surface area (Å²) in [6.45, 7) is 0. The predicted molar refractivity (Wildman–Crippen MR) is 51.6 cm³/mol. The molecule has 0 spiro atoms. The Bertz CT molecular complexity index is 465. The summed E-state index contributed by atoms with van der Waals surface area (Å²) in [6, 6.07) is 9.02.